The molecule has 0 spiro atoms. The van der Waals surface area contributed by atoms with Crippen LogP contribution in [0.5, 0.6) is 0 Å². The van der Waals surface area contributed by atoms with Gasteiger partial charge in [-0.1, -0.05) is 127 Å². The van der Waals surface area contributed by atoms with E-state index in [1.807, 2.05) is 6.08 Å². The van der Waals surface area contributed by atoms with Gasteiger partial charge in [0, 0.05) is 6.42 Å². The highest BCUT2D eigenvalue weighted by Crippen LogP contribution is 2.33. The summed E-state index contributed by atoms with van der Waals surface area (Å²) in [6, 6.07) is -0.989. The van der Waals surface area contributed by atoms with Gasteiger partial charge < -0.3 is 89.9 Å². The number of allylic oxidation sites excluding steroid dienone is 5. The van der Waals surface area contributed by atoms with Gasteiger partial charge in [0.1, 0.15) is 73.2 Å². The Labute approximate surface area is 409 Å². The van der Waals surface area contributed by atoms with Gasteiger partial charge in [0.15, 0.2) is 18.9 Å². The summed E-state index contributed by atoms with van der Waals surface area (Å²) in [5.41, 5.74) is 0. The van der Waals surface area contributed by atoms with Crippen LogP contribution in [0, 0.1) is 0 Å². The van der Waals surface area contributed by atoms with Crippen LogP contribution < -0.4 is 5.32 Å². The summed E-state index contributed by atoms with van der Waals surface area (Å²) >= 11 is 0. The predicted octanol–water partition coefficient (Wildman–Crippen LogP) is 1.81. The van der Waals surface area contributed by atoms with Crippen molar-refractivity contribution in [2.75, 3.05) is 26.4 Å². The molecule has 17 unspecified atom stereocenters. The average Bonchev–Trinajstić information content (AvgIpc) is 3.34. The summed E-state index contributed by atoms with van der Waals surface area (Å²) in [5.74, 6) is -0.298. The number of hydrogen-bond acceptors (Lipinski definition) is 18. The molecule has 12 N–H and O–H groups in total. The smallest absolute Gasteiger partial charge is 0.220 e. The van der Waals surface area contributed by atoms with Crippen molar-refractivity contribution in [1.82, 2.24) is 5.32 Å². The molecule has 0 aromatic carbocycles. The van der Waals surface area contributed by atoms with Gasteiger partial charge in [0.25, 0.3) is 0 Å². The maximum atomic E-state index is 13.1. The van der Waals surface area contributed by atoms with Crippen LogP contribution in [0.25, 0.3) is 0 Å². The van der Waals surface area contributed by atoms with E-state index in [0.29, 0.717) is 12.8 Å². The highest BCUT2D eigenvalue weighted by atomic mass is 16.8. The van der Waals surface area contributed by atoms with Crippen LogP contribution in [-0.4, -0.2) is 193 Å². The van der Waals surface area contributed by atoms with Crippen molar-refractivity contribution >= 4 is 5.91 Å². The molecule has 1 amide bonds. The van der Waals surface area contributed by atoms with Crippen molar-refractivity contribution in [3.8, 4) is 0 Å². The molecule has 0 bridgehead atoms. The lowest BCUT2D eigenvalue weighted by Gasteiger charge is -2.48. The van der Waals surface area contributed by atoms with E-state index in [0.717, 1.165) is 51.4 Å². The van der Waals surface area contributed by atoms with Gasteiger partial charge >= 0.3 is 0 Å². The number of carbonyl (C=O) groups excluding carboxylic acids is 1. The Morgan fingerprint density at radius 3 is 1.45 bits per heavy atom. The second-order valence-electron chi connectivity index (χ2n) is 18.6. The van der Waals surface area contributed by atoms with Crippen LogP contribution >= 0.6 is 0 Å². The fourth-order valence-electron chi connectivity index (χ4n) is 8.57. The number of hydrogen-bond donors (Lipinski definition) is 12. The average molecular weight is 992 g/mol. The van der Waals surface area contributed by atoms with E-state index in [4.69, 9.17) is 28.4 Å². The molecule has 3 aliphatic rings. The third-order valence-electron chi connectivity index (χ3n) is 12.9. The molecular weight excluding hydrogens is 903 g/mol. The Morgan fingerprint density at radius 2 is 0.928 bits per heavy atom. The van der Waals surface area contributed by atoms with Gasteiger partial charge in [-0.3, -0.25) is 4.79 Å². The third-order valence-corrected chi connectivity index (χ3v) is 12.9. The molecule has 0 aromatic heterocycles. The largest absolute Gasteiger partial charge is 0.394 e. The van der Waals surface area contributed by atoms with E-state index in [-0.39, 0.29) is 18.9 Å². The fraction of sp³-hybridized carbons (Fsp3) is 0.860. The van der Waals surface area contributed by atoms with Crippen molar-refractivity contribution in [1.29, 1.82) is 0 Å². The maximum absolute atomic E-state index is 13.1. The zero-order chi connectivity index (χ0) is 50.6. The van der Waals surface area contributed by atoms with Gasteiger partial charge in [-0.05, 0) is 44.9 Å². The molecule has 3 heterocycles. The van der Waals surface area contributed by atoms with Gasteiger partial charge in [-0.2, -0.15) is 0 Å². The lowest BCUT2D eigenvalue weighted by molar-refractivity contribution is -0.379. The predicted molar refractivity (Wildman–Crippen MR) is 254 cm³/mol. The zero-order valence-electron chi connectivity index (χ0n) is 41.0. The minimum absolute atomic E-state index is 0.231. The molecule has 0 radical (unpaired) electrons. The molecular formula is C50H89NO18. The first-order valence-corrected chi connectivity index (χ1v) is 25.7. The fourth-order valence-corrected chi connectivity index (χ4v) is 8.57. The molecule has 3 fully saturated rings. The van der Waals surface area contributed by atoms with Gasteiger partial charge in [0.2, 0.25) is 5.91 Å². The van der Waals surface area contributed by atoms with E-state index in [1.54, 1.807) is 6.08 Å². The van der Waals surface area contributed by atoms with E-state index in [9.17, 15) is 61.0 Å². The Kier molecular flexibility index (Phi) is 31.3. The second kappa shape index (κ2) is 35.2. The molecule has 69 heavy (non-hydrogen) atoms. The van der Waals surface area contributed by atoms with Crippen molar-refractivity contribution in [3.05, 3.63) is 36.5 Å². The molecule has 402 valence electrons. The number of carbonyl (C=O) groups is 1. The van der Waals surface area contributed by atoms with Crippen molar-refractivity contribution in [3.63, 3.8) is 0 Å². The number of ether oxygens (including phenoxy) is 6. The van der Waals surface area contributed by atoms with Crippen LogP contribution in [0.4, 0.5) is 0 Å². The normalized spacial score (nSPS) is 33.1. The first kappa shape index (κ1) is 61.3. The third kappa shape index (κ3) is 21.2. The summed E-state index contributed by atoms with van der Waals surface area (Å²) in [7, 11) is 0. The van der Waals surface area contributed by atoms with Crippen molar-refractivity contribution < 1.29 is 89.4 Å². The first-order valence-electron chi connectivity index (χ1n) is 25.7. The molecule has 3 rings (SSSR count). The highest BCUT2D eigenvalue weighted by molar-refractivity contribution is 5.76. The Morgan fingerprint density at radius 1 is 0.507 bits per heavy atom. The second-order valence-corrected chi connectivity index (χ2v) is 18.6. The number of nitrogens with one attached hydrogen (secondary N) is 1. The minimum Gasteiger partial charge on any atom is -0.394 e. The van der Waals surface area contributed by atoms with E-state index in [1.165, 1.54) is 57.8 Å². The zero-order valence-corrected chi connectivity index (χ0v) is 41.0. The summed E-state index contributed by atoms with van der Waals surface area (Å²) in [5, 5.41) is 119. The number of rotatable bonds is 35. The lowest BCUT2D eigenvalue weighted by Crippen LogP contribution is -2.66. The molecule has 19 nitrogen and oxygen atoms in total. The lowest BCUT2D eigenvalue weighted by atomic mass is 9.96. The number of aliphatic hydroxyl groups is 11. The number of amides is 1. The van der Waals surface area contributed by atoms with E-state index >= 15 is 0 Å². The Hall–Kier alpha value is -1.99. The van der Waals surface area contributed by atoms with E-state index in [2.05, 4.69) is 43.5 Å². The topological polar surface area (TPSA) is 307 Å². The molecule has 0 saturated carbocycles. The summed E-state index contributed by atoms with van der Waals surface area (Å²) in [6.07, 6.45) is 6.01. The monoisotopic (exact) mass is 992 g/mol. The van der Waals surface area contributed by atoms with Crippen LogP contribution in [0.3, 0.4) is 0 Å². The standard InChI is InChI=1S/C50H89NO18/c1-3-5-7-9-11-13-14-15-16-17-18-19-20-21-23-25-27-34(55)33(51-38(56)28-26-24-22-12-10-8-6-4-2)32-64-48-44(62)41(59)46(36(30-53)66-48)69-50-45(63)42(60)47(37(31-54)67-50)68-49-43(61)40(58)39(57)35(29-52)65-49/h15-16,19-20,25,27,33-37,39-50,52-55,57-63H,3-14,17-18,21-24,26,28-32H2,1-2H3,(H,51,56)/b16-15+,20-19+,27-25+. The summed E-state index contributed by atoms with van der Waals surface area (Å²) in [6.45, 7) is 1.60. The molecule has 3 aliphatic heterocycles. The molecule has 17 atom stereocenters. The maximum Gasteiger partial charge on any atom is 0.220 e. The number of unbranched alkanes of at least 4 members (excludes halogenated alkanes) is 15. The van der Waals surface area contributed by atoms with Gasteiger partial charge in [0.05, 0.1) is 38.6 Å². The van der Waals surface area contributed by atoms with Gasteiger partial charge in [-0.25, -0.2) is 0 Å². The highest BCUT2D eigenvalue weighted by Gasteiger charge is 2.53. The summed E-state index contributed by atoms with van der Waals surface area (Å²) < 4.78 is 34.0. The van der Waals surface area contributed by atoms with Crippen LogP contribution in [-0.2, 0) is 33.2 Å². The molecule has 0 aliphatic carbocycles. The molecule has 3 saturated heterocycles. The number of aliphatic hydroxyl groups excluding tert-OH is 11. The SMILES string of the molecule is CCCCCCCC/C=C/CC/C=C/CC/C=C/C(O)C(COC1OC(CO)C(OC2OC(CO)C(OC3OC(CO)C(O)C(O)C3O)C(O)C2O)C(O)C1O)NC(=O)CCCCCCCCCC. The van der Waals surface area contributed by atoms with Crippen molar-refractivity contribution in [2.45, 2.75) is 247 Å². The van der Waals surface area contributed by atoms with E-state index < -0.39 is 124 Å². The quantitative estimate of drug-likeness (QED) is 0.0318. The Balaban J connectivity index is 1.57. The van der Waals surface area contributed by atoms with Crippen LogP contribution in [0.15, 0.2) is 36.5 Å². The van der Waals surface area contributed by atoms with Crippen molar-refractivity contribution in [2.24, 2.45) is 0 Å². The first-order chi connectivity index (χ1) is 33.3. The molecule has 19 heteroatoms. The van der Waals surface area contributed by atoms with Crippen LogP contribution in [0.1, 0.15) is 142 Å². The minimum atomic E-state index is -1.98. The molecule has 0 aromatic rings. The Bertz CT molecular complexity index is 1420. The summed E-state index contributed by atoms with van der Waals surface area (Å²) in [4.78, 5) is 13.1. The van der Waals surface area contributed by atoms with Crippen LogP contribution in [0.2, 0.25) is 0 Å². The van der Waals surface area contributed by atoms with Gasteiger partial charge in [-0.15, -0.1) is 0 Å².